The number of oxazole rings is 2. The molecule has 0 aliphatic heterocycles. The molecule has 5 heteroatoms. The SMILES string of the molecule is c1ccc(-c2ccccc2N(c2ccc(-c3nc4ccccc4o3)cc2)C2CCC(c3nc4ccccc4o3)CC2)cc1. The third-order valence-electron chi connectivity index (χ3n) is 8.66. The van der Waals surface area contributed by atoms with Gasteiger partial charge in [0, 0.05) is 34.5 Å². The van der Waals surface area contributed by atoms with Crippen molar-refractivity contribution in [1.29, 1.82) is 0 Å². The van der Waals surface area contributed by atoms with Gasteiger partial charge in [0.15, 0.2) is 17.1 Å². The summed E-state index contributed by atoms with van der Waals surface area (Å²) in [4.78, 5) is 12.1. The average molecular weight is 562 g/mol. The highest BCUT2D eigenvalue weighted by molar-refractivity contribution is 5.83. The highest BCUT2D eigenvalue weighted by atomic mass is 16.4. The molecule has 0 radical (unpaired) electrons. The number of fused-ring (bicyclic) bond motifs is 2. The Labute approximate surface area is 250 Å². The van der Waals surface area contributed by atoms with Crippen LogP contribution in [-0.4, -0.2) is 16.0 Å². The van der Waals surface area contributed by atoms with Gasteiger partial charge in [0.05, 0.1) is 0 Å². The van der Waals surface area contributed by atoms with Crippen molar-refractivity contribution in [3.63, 3.8) is 0 Å². The normalized spacial score (nSPS) is 16.9. The summed E-state index contributed by atoms with van der Waals surface area (Å²) in [5.74, 6) is 1.85. The molecule has 8 rings (SSSR count). The molecule has 43 heavy (non-hydrogen) atoms. The van der Waals surface area contributed by atoms with Crippen molar-refractivity contribution < 1.29 is 8.83 Å². The second kappa shape index (κ2) is 10.9. The molecule has 1 saturated carbocycles. The Balaban J connectivity index is 1.14. The molecule has 0 bridgehead atoms. The minimum atomic E-state index is 0.330. The number of hydrogen-bond acceptors (Lipinski definition) is 5. The van der Waals surface area contributed by atoms with Gasteiger partial charge in [0.25, 0.3) is 0 Å². The summed E-state index contributed by atoms with van der Waals surface area (Å²) in [6, 6.07) is 44.4. The van der Waals surface area contributed by atoms with E-state index < -0.39 is 0 Å². The van der Waals surface area contributed by atoms with Gasteiger partial charge in [-0.1, -0.05) is 72.8 Å². The lowest BCUT2D eigenvalue weighted by Gasteiger charge is -2.39. The minimum Gasteiger partial charge on any atom is -0.440 e. The van der Waals surface area contributed by atoms with E-state index in [1.54, 1.807) is 0 Å². The molecular weight excluding hydrogens is 530 g/mol. The lowest BCUT2D eigenvalue weighted by Crippen LogP contribution is -2.34. The molecule has 0 amide bonds. The van der Waals surface area contributed by atoms with Gasteiger partial charge >= 0.3 is 0 Å². The van der Waals surface area contributed by atoms with Crippen LogP contribution in [0.25, 0.3) is 44.8 Å². The molecule has 2 aromatic heterocycles. The van der Waals surface area contributed by atoms with Crippen LogP contribution in [0, 0.1) is 0 Å². The maximum absolute atomic E-state index is 6.19. The van der Waals surface area contributed by atoms with Crippen molar-refractivity contribution >= 4 is 33.6 Å². The van der Waals surface area contributed by atoms with Gasteiger partial charge in [0.2, 0.25) is 5.89 Å². The first kappa shape index (κ1) is 25.5. The molecule has 1 fully saturated rings. The first-order valence-electron chi connectivity index (χ1n) is 15.1. The van der Waals surface area contributed by atoms with Crippen LogP contribution in [0.1, 0.15) is 37.5 Å². The molecule has 0 atom stereocenters. The summed E-state index contributed by atoms with van der Waals surface area (Å²) in [7, 11) is 0. The standard InChI is InChI=1S/C38H31N3O2/c1-2-10-26(11-3-1)31-12-4-7-15-34(31)41(29-22-18-27(19-23-29)37-39-32-13-5-8-16-35(32)42-37)30-24-20-28(21-25-30)38-40-33-14-6-9-17-36(33)43-38/h1-19,22-23,28,30H,20-21,24-25H2. The zero-order chi connectivity index (χ0) is 28.6. The van der Waals surface area contributed by atoms with Crippen LogP contribution in [0.3, 0.4) is 0 Å². The number of anilines is 2. The highest BCUT2D eigenvalue weighted by Gasteiger charge is 2.31. The minimum absolute atomic E-state index is 0.330. The summed E-state index contributed by atoms with van der Waals surface area (Å²) in [5, 5.41) is 0. The molecule has 0 spiro atoms. The smallest absolute Gasteiger partial charge is 0.227 e. The van der Waals surface area contributed by atoms with Gasteiger partial charge in [-0.15, -0.1) is 0 Å². The monoisotopic (exact) mass is 561 g/mol. The number of nitrogens with zero attached hydrogens (tertiary/aromatic N) is 3. The van der Waals surface area contributed by atoms with E-state index in [2.05, 4.69) is 83.8 Å². The molecule has 210 valence electrons. The Kier molecular flexibility index (Phi) is 6.48. The number of para-hydroxylation sites is 5. The molecular formula is C38H31N3O2. The predicted octanol–water partition coefficient (Wildman–Crippen LogP) is 10.2. The van der Waals surface area contributed by atoms with Crippen LogP contribution < -0.4 is 4.90 Å². The number of benzene rings is 5. The van der Waals surface area contributed by atoms with E-state index in [4.69, 9.17) is 18.8 Å². The van der Waals surface area contributed by atoms with Crippen LogP contribution in [0.2, 0.25) is 0 Å². The van der Waals surface area contributed by atoms with Crippen LogP contribution >= 0.6 is 0 Å². The number of rotatable bonds is 6. The molecule has 0 N–H and O–H groups in total. The van der Waals surface area contributed by atoms with E-state index in [9.17, 15) is 0 Å². The van der Waals surface area contributed by atoms with Gasteiger partial charge in [-0.25, -0.2) is 9.97 Å². The van der Waals surface area contributed by atoms with E-state index in [1.165, 1.54) is 16.8 Å². The fourth-order valence-corrected chi connectivity index (χ4v) is 6.50. The van der Waals surface area contributed by atoms with E-state index in [-0.39, 0.29) is 0 Å². The topological polar surface area (TPSA) is 55.3 Å². The Morgan fingerprint density at radius 1 is 0.535 bits per heavy atom. The van der Waals surface area contributed by atoms with Crippen molar-refractivity contribution in [3.8, 4) is 22.6 Å². The molecule has 0 unspecified atom stereocenters. The quantitative estimate of drug-likeness (QED) is 0.202. The fraction of sp³-hybridized carbons (Fsp3) is 0.158. The van der Waals surface area contributed by atoms with Crippen molar-refractivity contribution in [1.82, 2.24) is 9.97 Å². The molecule has 2 heterocycles. The number of hydrogen-bond donors (Lipinski definition) is 0. The van der Waals surface area contributed by atoms with Gasteiger partial charge in [0.1, 0.15) is 11.0 Å². The van der Waals surface area contributed by atoms with E-state index in [0.29, 0.717) is 17.9 Å². The Morgan fingerprint density at radius 3 is 1.88 bits per heavy atom. The molecule has 1 aliphatic rings. The predicted molar refractivity (Wildman–Crippen MR) is 172 cm³/mol. The van der Waals surface area contributed by atoms with Crippen molar-refractivity contribution in [3.05, 3.63) is 133 Å². The van der Waals surface area contributed by atoms with Gasteiger partial charge in [-0.2, -0.15) is 0 Å². The number of aromatic nitrogens is 2. The van der Waals surface area contributed by atoms with Crippen LogP contribution in [0.15, 0.2) is 136 Å². The summed E-state index contributed by atoms with van der Waals surface area (Å²) >= 11 is 0. The molecule has 5 aromatic carbocycles. The van der Waals surface area contributed by atoms with Gasteiger partial charge < -0.3 is 13.7 Å². The second-order valence-corrected chi connectivity index (χ2v) is 11.3. The summed E-state index contributed by atoms with van der Waals surface area (Å²) in [6.07, 6.45) is 4.14. The van der Waals surface area contributed by atoms with Crippen LogP contribution in [0.4, 0.5) is 11.4 Å². The zero-order valence-electron chi connectivity index (χ0n) is 23.8. The second-order valence-electron chi connectivity index (χ2n) is 11.3. The molecule has 7 aromatic rings. The maximum atomic E-state index is 6.19. The van der Waals surface area contributed by atoms with Crippen molar-refractivity contribution in [2.75, 3.05) is 4.90 Å². The zero-order valence-corrected chi connectivity index (χ0v) is 23.8. The average Bonchev–Trinajstić information content (AvgIpc) is 3.71. The lowest BCUT2D eigenvalue weighted by atomic mass is 9.84. The van der Waals surface area contributed by atoms with E-state index in [0.717, 1.165) is 65.0 Å². The third-order valence-corrected chi connectivity index (χ3v) is 8.66. The largest absolute Gasteiger partial charge is 0.440 e. The molecule has 1 aliphatic carbocycles. The molecule has 5 nitrogen and oxygen atoms in total. The maximum Gasteiger partial charge on any atom is 0.227 e. The lowest BCUT2D eigenvalue weighted by molar-refractivity contribution is 0.344. The fourth-order valence-electron chi connectivity index (χ4n) is 6.50. The van der Waals surface area contributed by atoms with Crippen LogP contribution in [-0.2, 0) is 0 Å². The van der Waals surface area contributed by atoms with Gasteiger partial charge in [-0.3, -0.25) is 0 Å². The summed E-state index contributed by atoms with van der Waals surface area (Å²) in [5.41, 5.74) is 9.28. The van der Waals surface area contributed by atoms with Crippen molar-refractivity contribution in [2.24, 2.45) is 0 Å². The third kappa shape index (κ3) is 4.87. The first-order chi connectivity index (χ1) is 21.3. The van der Waals surface area contributed by atoms with Crippen LogP contribution in [0.5, 0.6) is 0 Å². The van der Waals surface area contributed by atoms with E-state index in [1.807, 2.05) is 48.5 Å². The van der Waals surface area contributed by atoms with Gasteiger partial charge in [-0.05, 0) is 85.8 Å². The van der Waals surface area contributed by atoms with E-state index >= 15 is 0 Å². The Bertz CT molecular complexity index is 1930. The highest BCUT2D eigenvalue weighted by Crippen LogP contribution is 2.43. The first-order valence-corrected chi connectivity index (χ1v) is 15.1. The Hall–Kier alpha value is -5.16. The summed E-state index contributed by atoms with van der Waals surface area (Å²) in [6.45, 7) is 0. The Morgan fingerprint density at radius 2 is 1.16 bits per heavy atom. The molecule has 0 saturated heterocycles. The van der Waals surface area contributed by atoms with Crippen molar-refractivity contribution in [2.45, 2.75) is 37.6 Å². The summed E-state index contributed by atoms with van der Waals surface area (Å²) < 4.78 is 12.3.